The highest BCUT2D eigenvalue weighted by Crippen LogP contribution is 2.30. The summed E-state index contributed by atoms with van der Waals surface area (Å²) in [6.07, 6.45) is 3.60. The molecule has 4 heterocycles. The first-order valence-electron chi connectivity index (χ1n) is 7.72. The Balaban J connectivity index is 1.71. The van der Waals surface area contributed by atoms with Crippen molar-refractivity contribution in [3.8, 4) is 5.88 Å². The molecule has 0 radical (unpaired) electrons. The molecule has 2 aromatic rings. The average molecular weight is 310 g/mol. The standard InChI is InChI=1S/C17H18N4O2/c1-22-17-15-13(3-5-19-17)11-20-16(15)12-2-4-18-14(10-12)21-6-8-23-9-7-21/h2-5,10H,6-9,11H2,1H3. The Morgan fingerprint density at radius 3 is 2.78 bits per heavy atom. The molecule has 1 fully saturated rings. The third-order valence-electron chi connectivity index (χ3n) is 4.19. The first kappa shape index (κ1) is 14.1. The topological polar surface area (TPSA) is 59.8 Å². The number of aliphatic imine (C=N–C) groups is 1. The Bertz CT molecular complexity index is 754. The largest absolute Gasteiger partial charge is 0.480 e. The molecule has 4 rings (SSSR count). The fraction of sp³-hybridized carbons (Fsp3) is 0.353. The summed E-state index contributed by atoms with van der Waals surface area (Å²) in [5.41, 5.74) is 4.12. The predicted molar refractivity (Wildman–Crippen MR) is 87.4 cm³/mol. The monoisotopic (exact) mass is 310 g/mol. The van der Waals surface area contributed by atoms with Crippen molar-refractivity contribution in [1.82, 2.24) is 9.97 Å². The van der Waals surface area contributed by atoms with Gasteiger partial charge < -0.3 is 14.4 Å². The summed E-state index contributed by atoms with van der Waals surface area (Å²) in [6.45, 7) is 3.88. The zero-order valence-corrected chi connectivity index (χ0v) is 13.0. The smallest absolute Gasteiger partial charge is 0.222 e. The fourth-order valence-electron chi connectivity index (χ4n) is 3.03. The van der Waals surface area contributed by atoms with Crippen molar-refractivity contribution >= 4 is 11.5 Å². The summed E-state index contributed by atoms with van der Waals surface area (Å²) < 4.78 is 10.8. The van der Waals surface area contributed by atoms with E-state index in [1.807, 2.05) is 18.3 Å². The normalized spacial score (nSPS) is 16.9. The second-order valence-electron chi connectivity index (χ2n) is 5.52. The Hall–Kier alpha value is -2.47. The van der Waals surface area contributed by atoms with Gasteiger partial charge in [-0.05, 0) is 23.8 Å². The molecule has 0 unspecified atom stereocenters. The van der Waals surface area contributed by atoms with E-state index in [0.29, 0.717) is 12.4 Å². The van der Waals surface area contributed by atoms with E-state index in [-0.39, 0.29) is 0 Å². The van der Waals surface area contributed by atoms with Crippen LogP contribution in [0.5, 0.6) is 5.88 Å². The molecule has 6 heteroatoms. The molecule has 2 aromatic heterocycles. The number of methoxy groups -OCH3 is 1. The van der Waals surface area contributed by atoms with E-state index in [0.717, 1.165) is 54.5 Å². The van der Waals surface area contributed by atoms with Gasteiger partial charge in [0, 0.05) is 31.0 Å². The van der Waals surface area contributed by atoms with Crippen LogP contribution in [0.1, 0.15) is 16.7 Å². The molecule has 0 aliphatic carbocycles. The Labute approximate surface area is 134 Å². The lowest BCUT2D eigenvalue weighted by Crippen LogP contribution is -2.36. The van der Waals surface area contributed by atoms with Gasteiger partial charge in [-0.3, -0.25) is 4.99 Å². The number of hydrogen-bond donors (Lipinski definition) is 0. The average Bonchev–Trinajstić information content (AvgIpc) is 3.07. The van der Waals surface area contributed by atoms with Crippen LogP contribution in [0.3, 0.4) is 0 Å². The summed E-state index contributed by atoms with van der Waals surface area (Å²) in [5.74, 6) is 1.59. The van der Waals surface area contributed by atoms with E-state index >= 15 is 0 Å². The highest BCUT2D eigenvalue weighted by molar-refractivity contribution is 6.16. The van der Waals surface area contributed by atoms with Crippen molar-refractivity contribution in [1.29, 1.82) is 0 Å². The third kappa shape index (κ3) is 2.55. The molecule has 0 saturated carbocycles. The highest BCUT2D eigenvalue weighted by atomic mass is 16.5. The van der Waals surface area contributed by atoms with E-state index in [9.17, 15) is 0 Å². The number of hydrogen-bond acceptors (Lipinski definition) is 6. The molecule has 6 nitrogen and oxygen atoms in total. The first-order chi connectivity index (χ1) is 11.4. The summed E-state index contributed by atoms with van der Waals surface area (Å²) in [6, 6.07) is 6.08. The van der Waals surface area contributed by atoms with Crippen LogP contribution >= 0.6 is 0 Å². The Kier molecular flexibility index (Phi) is 3.67. The predicted octanol–water partition coefficient (Wildman–Crippen LogP) is 1.67. The van der Waals surface area contributed by atoms with Crippen LogP contribution in [0.25, 0.3) is 0 Å². The van der Waals surface area contributed by atoms with Gasteiger partial charge in [-0.2, -0.15) is 0 Å². The van der Waals surface area contributed by atoms with Crippen LogP contribution in [0.2, 0.25) is 0 Å². The van der Waals surface area contributed by atoms with Crippen LogP contribution in [0, 0.1) is 0 Å². The zero-order valence-electron chi connectivity index (χ0n) is 13.0. The van der Waals surface area contributed by atoms with Crippen molar-refractivity contribution in [3.05, 3.63) is 47.3 Å². The van der Waals surface area contributed by atoms with E-state index in [4.69, 9.17) is 14.5 Å². The molecular weight excluding hydrogens is 292 g/mol. The van der Waals surface area contributed by atoms with E-state index in [1.54, 1.807) is 13.3 Å². The number of nitrogens with zero attached hydrogens (tertiary/aromatic N) is 4. The molecule has 1 saturated heterocycles. The third-order valence-corrected chi connectivity index (χ3v) is 4.19. The van der Waals surface area contributed by atoms with Gasteiger partial charge >= 0.3 is 0 Å². The quantitative estimate of drug-likeness (QED) is 0.863. The molecule has 0 N–H and O–H groups in total. The lowest BCUT2D eigenvalue weighted by Gasteiger charge is -2.28. The number of fused-ring (bicyclic) bond motifs is 1. The molecule has 0 atom stereocenters. The molecule has 0 aromatic carbocycles. The number of aromatic nitrogens is 2. The second-order valence-corrected chi connectivity index (χ2v) is 5.52. The van der Waals surface area contributed by atoms with Crippen molar-refractivity contribution in [2.24, 2.45) is 4.99 Å². The Morgan fingerprint density at radius 2 is 1.96 bits per heavy atom. The molecule has 0 spiro atoms. The second kappa shape index (κ2) is 5.96. The maximum atomic E-state index is 5.42. The minimum Gasteiger partial charge on any atom is -0.480 e. The van der Waals surface area contributed by atoms with E-state index in [1.165, 1.54) is 0 Å². The number of anilines is 1. The van der Waals surface area contributed by atoms with Gasteiger partial charge in [-0.25, -0.2) is 9.97 Å². The molecule has 0 amide bonds. The Morgan fingerprint density at radius 1 is 1.13 bits per heavy atom. The van der Waals surface area contributed by atoms with Crippen LogP contribution in [-0.4, -0.2) is 49.1 Å². The lowest BCUT2D eigenvalue weighted by molar-refractivity contribution is 0.122. The maximum Gasteiger partial charge on any atom is 0.222 e. The number of ether oxygens (including phenoxy) is 2. The lowest BCUT2D eigenvalue weighted by atomic mass is 10.0. The highest BCUT2D eigenvalue weighted by Gasteiger charge is 2.23. The van der Waals surface area contributed by atoms with Gasteiger partial charge in [0.2, 0.25) is 5.88 Å². The maximum absolute atomic E-state index is 5.42. The minimum atomic E-state index is 0.628. The summed E-state index contributed by atoms with van der Waals surface area (Å²) in [4.78, 5) is 15.7. The number of pyridine rings is 2. The van der Waals surface area contributed by atoms with Gasteiger partial charge in [0.1, 0.15) is 5.82 Å². The van der Waals surface area contributed by atoms with Gasteiger partial charge in [0.25, 0.3) is 0 Å². The van der Waals surface area contributed by atoms with E-state index < -0.39 is 0 Å². The molecule has 23 heavy (non-hydrogen) atoms. The van der Waals surface area contributed by atoms with E-state index in [2.05, 4.69) is 20.9 Å². The summed E-state index contributed by atoms with van der Waals surface area (Å²) >= 11 is 0. The van der Waals surface area contributed by atoms with Crippen molar-refractivity contribution < 1.29 is 9.47 Å². The van der Waals surface area contributed by atoms with Gasteiger partial charge in [-0.15, -0.1) is 0 Å². The van der Waals surface area contributed by atoms with Gasteiger partial charge in [0.15, 0.2) is 0 Å². The molecule has 2 aliphatic heterocycles. The van der Waals surface area contributed by atoms with Crippen molar-refractivity contribution in [2.75, 3.05) is 38.3 Å². The van der Waals surface area contributed by atoms with Gasteiger partial charge in [0.05, 0.1) is 38.1 Å². The number of rotatable bonds is 3. The number of morpholine rings is 1. The van der Waals surface area contributed by atoms with Crippen LogP contribution < -0.4 is 9.64 Å². The van der Waals surface area contributed by atoms with Crippen LogP contribution in [0.15, 0.2) is 35.6 Å². The van der Waals surface area contributed by atoms with Crippen LogP contribution in [0.4, 0.5) is 5.82 Å². The SMILES string of the molecule is COc1nccc2c1C(c1ccnc(N3CCOCC3)c1)=NC2. The van der Waals surface area contributed by atoms with Crippen LogP contribution in [-0.2, 0) is 11.3 Å². The van der Waals surface area contributed by atoms with Crippen molar-refractivity contribution in [3.63, 3.8) is 0 Å². The molecule has 2 aliphatic rings. The molecule has 118 valence electrons. The molecule has 0 bridgehead atoms. The van der Waals surface area contributed by atoms with Crippen molar-refractivity contribution in [2.45, 2.75) is 6.54 Å². The summed E-state index contributed by atoms with van der Waals surface area (Å²) in [7, 11) is 1.64. The summed E-state index contributed by atoms with van der Waals surface area (Å²) in [5, 5.41) is 0. The first-order valence-corrected chi connectivity index (χ1v) is 7.72. The zero-order chi connectivity index (χ0) is 15.6. The fourth-order valence-corrected chi connectivity index (χ4v) is 3.03. The minimum absolute atomic E-state index is 0.628. The molecular formula is C17H18N4O2. The van der Waals surface area contributed by atoms with Gasteiger partial charge in [-0.1, -0.05) is 0 Å².